The van der Waals surface area contributed by atoms with Crippen LogP contribution >= 0.6 is 0 Å². The largest absolute Gasteiger partial charge is 0.497 e. The molecule has 1 atom stereocenters. The quantitative estimate of drug-likeness (QED) is 0.734. The highest BCUT2D eigenvalue weighted by Gasteiger charge is 2.40. The Labute approximate surface area is 164 Å². The molecule has 0 saturated carbocycles. The first-order valence-electron chi connectivity index (χ1n) is 9.02. The summed E-state index contributed by atoms with van der Waals surface area (Å²) in [6.07, 6.45) is 0. The molecule has 0 aliphatic carbocycles. The fraction of sp³-hybridized carbons (Fsp3) is 0.174. The van der Waals surface area contributed by atoms with Gasteiger partial charge >= 0.3 is 0 Å². The Kier molecular flexibility index (Phi) is 4.65. The molecule has 0 bridgehead atoms. The van der Waals surface area contributed by atoms with Crippen molar-refractivity contribution in [2.45, 2.75) is 5.54 Å². The van der Waals surface area contributed by atoms with Crippen molar-refractivity contribution in [3.8, 4) is 22.6 Å². The average molecular weight is 374 g/mol. The maximum atomic E-state index is 5.91. The Morgan fingerprint density at radius 1 is 0.821 bits per heavy atom. The van der Waals surface area contributed by atoms with E-state index >= 15 is 0 Å². The van der Waals surface area contributed by atoms with Crippen molar-refractivity contribution < 1.29 is 14.2 Å². The minimum absolute atomic E-state index is 0.197. The predicted octanol–water partition coefficient (Wildman–Crippen LogP) is 3.96. The van der Waals surface area contributed by atoms with Gasteiger partial charge in [0.1, 0.15) is 18.1 Å². The van der Waals surface area contributed by atoms with Crippen molar-refractivity contribution in [1.82, 2.24) is 0 Å². The topological polar surface area (TPSA) is 66.1 Å². The minimum Gasteiger partial charge on any atom is -0.497 e. The van der Waals surface area contributed by atoms with Crippen LogP contribution < -0.4 is 15.2 Å². The number of benzene rings is 3. The molecule has 3 aromatic carbocycles. The number of ether oxygens (including phenoxy) is 3. The van der Waals surface area contributed by atoms with E-state index in [9.17, 15) is 0 Å². The van der Waals surface area contributed by atoms with Gasteiger partial charge < -0.3 is 19.9 Å². The van der Waals surface area contributed by atoms with Crippen LogP contribution in [0.3, 0.4) is 0 Å². The highest BCUT2D eigenvalue weighted by Crippen LogP contribution is 2.39. The highest BCUT2D eigenvalue weighted by molar-refractivity contribution is 5.76. The van der Waals surface area contributed by atoms with E-state index in [0.717, 1.165) is 33.8 Å². The van der Waals surface area contributed by atoms with E-state index in [1.165, 1.54) is 0 Å². The smallest absolute Gasteiger partial charge is 0.283 e. The first kappa shape index (κ1) is 17.9. The summed E-state index contributed by atoms with van der Waals surface area (Å²) in [6, 6.07) is 24.3. The lowest BCUT2D eigenvalue weighted by Crippen LogP contribution is -2.27. The van der Waals surface area contributed by atoms with Crippen molar-refractivity contribution in [1.29, 1.82) is 0 Å². The van der Waals surface area contributed by atoms with E-state index in [4.69, 9.17) is 24.9 Å². The van der Waals surface area contributed by atoms with E-state index < -0.39 is 5.54 Å². The summed E-state index contributed by atoms with van der Waals surface area (Å²) in [5.74, 6) is 1.61. The van der Waals surface area contributed by atoms with Crippen LogP contribution in [0.4, 0.5) is 0 Å². The molecule has 0 radical (unpaired) electrons. The van der Waals surface area contributed by atoms with Gasteiger partial charge in [-0.3, -0.25) is 0 Å². The van der Waals surface area contributed by atoms with Crippen LogP contribution in [0.15, 0.2) is 77.8 Å². The van der Waals surface area contributed by atoms with Crippen LogP contribution in [0.5, 0.6) is 11.5 Å². The molecule has 28 heavy (non-hydrogen) atoms. The molecule has 0 fully saturated rings. The number of hydrogen-bond acceptors (Lipinski definition) is 5. The fourth-order valence-corrected chi connectivity index (χ4v) is 3.52. The zero-order valence-electron chi connectivity index (χ0n) is 15.9. The maximum absolute atomic E-state index is 5.91. The maximum Gasteiger partial charge on any atom is 0.283 e. The summed E-state index contributed by atoms with van der Waals surface area (Å²) in [5.41, 5.74) is 9.38. The molecule has 5 heteroatoms. The zero-order valence-corrected chi connectivity index (χ0v) is 15.9. The molecule has 0 unspecified atom stereocenters. The fourth-order valence-electron chi connectivity index (χ4n) is 3.52. The van der Waals surface area contributed by atoms with Crippen molar-refractivity contribution >= 4 is 6.02 Å². The van der Waals surface area contributed by atoms with E-state index in [1.807, 2.05) is 48.5 Å². The third-order valence-electron chi connectivity index (χ3n) is 5.04. The standard InChI is InChI=1S/C23H22N2O3/c1-26-20-11-9-18(10-12-20)23(15-28-22(24)25-23)19-7-3-5-16(13-19)17-6-4-8-21(14-17)27-2/h3-14H,15H2,1-2H3,(H2,24,25)/t23-/m0/s1. The number of rotatable bonds is 5. The van der Waals surface area contributed by atoms with Crippen molar-refractivity contribution in [2.75, 3.05) is 20.8 Å². The van der Waals surface area contributed by atoms with Crippen molar-refractivity contribution in [3.05, 3.63) is 83.9 Å². The summed E-state index contributed by atoms with van der Waals surface area (Å²) in [5, 5.41) is 0. The third-order valence-corrected chi connectivity index (χ3v) is 5.04. The van der Waals surface area contributed by atoms with Crippen LogP contribution in [0.2, 0.25) is 0 Å². The lowest BCUT2D eigenvalue weighted by Gasteiger charge is -2.26. The molecule has 0 saturated heterocycles. The first-order valence-corrected chi connectivity index (χ1v) is 9.02. The second kappa shape index (κ2) is 7.27. The first-order chi connectivity index (χ1) is 13.6. The number of hydrogen-bond donors (Lipinski definition) is 1. The molecule has 3 aromatic rings. The molecule has 2 N–H and O–H groups in total. The van der Waals surface area contributed by atoms with Gasteiger partial charge in [-0.1, -0.05) is 42.5 Å². The molecule has 0 amide bonds. The number of amidine groups is 1. The molecule has 1 aliphatic heterocycles. The number of methoxy groups -OCH3 is 2. The zero-order chi connectivity index (χ0) is 19.6. The molecular formula is C23H22N2O3. The monoisotopic (exact) mass is 374 g/mol. The normalized spacial score (nSPS) is 18.3. The summed E-state index contributed by atoms with van der Waals surface area (Å²) in [7, 11) is 3.32. The van der Waals surface area contributed by atoms with Crippen LogP contribution in [-0.2, 0) is 10.3 Å². The Morgan fingerprint density at radius 3 is 2.14 bits per heavy atom. The van der Waals surface area contributed by atoms with Gasteiger partial charge in [-0.2, -0.15) is 0 Å². The second-order valence-electron chi connectivity index (χ2n) is 6.64. The molecule has 142 valence electrons. The molecule has 1 aliphatic rings. The molecule has 5 nitrogen and oxygen atoms in total. The minimum atomic E-state index is -0.689. The van der Waals surface area contributed by atoms with Gasteiger partial charge in [0, 0.05) is 0 Å². The Hall–Kier alpha value is -3.47. The van der Waals surface area contributed by atoms with Crippen LogP contribution in [-0.4, -0.2) is 26.8 Å². The summed E-state index contributed by atoms with van der Waals surface area (Å²) >= 11 is 0. The SMILES string of the molecule is COc1ccc([C@]2(c3cccc(-c4cccc(OC)c4)c3)COC(N)=N2)cc1. The van der Waals surface area contributed by atoms with Crippen LogP contribution in [0, 0.1) is 0 Å². The van der Waals surface area contributed by atoms with E-state index in [0.29, 0.717) is 6.61 Å². The molecule has 0 spiro atoms. The average Bonchev–Trinajstić information content (AvgIpc) is 3.17. The van der Waals surface area contributed by atoms with Gasteiger partial charge in [-0.05, 0) is 52.6 Å². The number of aliphatic imine (C=N–C) groups is 1. The summed E-state index contributed by atoms with van der Waals surface area (Å²) < 4.78 is 16.2. The molecular weight excluding hydrogens is 352 g/mol. The molecule has 4 rings (SSSR count). The van der Waals surface area contributed by atoms with Crippen LogP contribution in [0.25, 0.3) is 11.1 Å². The van der Waals surface area contributed by atoms with Gasteiger partial charge in [0.15, 0.2) is 5.54 Å². The molecule has 1 heterocycles. The lowest BCUT2D eigenvalue weighted by atomic mass is 9.83. The van der Waals surface area contributed by atoms with Gasteiger partial charge in [-0.15, -0.1) is 0 Å². The van der Waals surface area contributed by atoms with Gasteiger partial charge in [0.25, 0.3) is 6.02 Å². The Morgan fingerprint density at radius 2 is 1.50 bits per heavy atom. The molecule has 0 aromatic heterocycles. The second-order valence-corrected chi connectivity index (χ2v) is 6.64. The Balaban J connectivity index is 1.81. The van der Waals surface area contributed by atoms with Crippen LogP contribution in [0.1, 0.15) is 11.1 Å². The van der Waals surface area contributed by atoms with Gasteiger partial charge in [-0.25, -0.2) is 4.99 Å². The van der Waals surface area contributed by atoms with Crippen molar-refractivity contribution in [2.24, 2.45) is 10.7 Å². The third kappa shape index (κ3) is 3.16. The Bertz CT molecular complexity index is 1010. The summed E-state index contributed by atoms with van der Waals surface area (Å²) in [4.78, 5) is 4.69. The van der Waals surface area contributed by atoms with Crippen molar-refractivity contribution in [3.63, 3.8) is 0 Å². The number of nitrogens with zero attached hydrogens (tertiary/aromatic N) is 1. The number of nitrogens with two attached hydrogens (primary N) is 1. The van der Waals surface area contributed by atoms with E-state index in [-0.39, 0.29) is 6.02 Å². The summed E-state index contributed by atoms with van der Waals surface area (Å²) in [6.45, 7) is 0.354. The van der Waals surface area contributed by atoms with E-state index in [2.05, 4.69) is 24.3 Å². The van der Waals surface area contributed by atoms with Gasteiger partial charge in [0.2, 0.25) is 0 Å². The highest BCUT2D eigenvalue weighted by atomic mass is 16.5. The van der Waals surface area contributed by atoms with E-state index in [1.54, 1.807) is 14.2 Å². The lowest BCUT2D eigenvalue weighted by molar-refractivity contribution is 0.278. The van der Waals surface area contributed by atoms with Gasteiger partial charge in [0.05, 0.1) is 14.2 Å². The predicted molar refractivity (Wildman–Crippen MR) is 110 cm³/mol.